The number of pyridine rings is 1. The summed E-state index contributed by atoms with van der Waals surface area (Å²) in [4.78, 5) is 6.64. The Hall–Kier alpha value is -1.48. The molecule has 0 amide bonds. The molecule has 0 unspecified atom stereocenters. The van der Waals surface area contributed by atoms with Crippen LogP contribution in [0.4, 0.5) is 4.39 Å². The number of hydrogen-bond donors (Lipinski definition) is 0. The van der Waals surface area contributed by atoms with Gasteiger partial charge >= 0.3 is 0 Å². The molecule has 1 aliphatic heterocycles. The summed E-state index contributed by atoms with van der Waals surface area (Å²) in [6.07, 6.45) is 4.37. The average molecular weight is 230 g/mol. The van der Waals surface area contributed by atoms with E-state index < -0.39 is 0 Å². The molecule has 0 atom stereocenters. The molecule has 0 aliphatic carbocycles. The maximum atomic E-state index is 13.4. The third kappa shape index (κ3) is 2.15. The topological polar surface area (TPSA) is 16.1 Å². The quantitative estimate of drug-likeness (QED) is 0.788. The number of hydrogen-bond acceptors (Lipinski definition) is 2. The molecule has 0 saturated carbocycles. The zero-order valence-electron chi connectivity index (χ0n) is 9.69. The fraction of sp³-hybridized carbons (Fsp3) is 0.357. The van der Waals surface area contributed by atoms with Gasteiger partial charge in [0.1, 0.15) is 11.3 Å². The van der Waals surface area contributed by atoms with Crippen LogP contribution in [0.3, 0.4) is 0 Å². The predicted octanol–water partition coefficient (Wildman–Crippen LogP) is 2.97. The van der Waals surface area contributed by atoms with Gasteiger partial charge in [-0.3, -0.25) is 9.88 Å². The minimum Gasteiger partial charge on any atom is -0.299 e. The van der Waals surface area contributed by atoms with Crippen LogP contribution in [0.15, 0.2) is 30.5 Å². The number of rotatable bonds is 2. The SMILES string of the molecule is Fc1cccc2cc(CN3CCCC3)cnc12. The summed E-state index contributed by atoms with van der Waals surface area (Å²) in [5.74, 6) is -0.241. The van der Waals surface area contributed by atoms with Crippen molar-refractivity contribution in [1.82, 2.24) is 9.88 Å². The normalized spacial score (nSPS) is 16.8. The molecule has 1 aliphatic rings. The molecular weight excluding hydrogens is 215 g/mol. The maximum Gasteiger partial charge on any atom is 0.149 e. The largest absolute Gasteiger partial charge is 0.299 e. The summed E-state index contributed by atoms with van der Waals surface area (Å²) in [5, 5.41) is 0.890. The second-order valence-electron chi connectivity index (χ2n) is 4.64. The maximum absolute atomic E-state index is 13.4. The highest BCUT2D eigenvalue weighted by Crippen LogP contribution is 2.18. The smallest absolute Gasteiger partial charge is 0.149 e. The lowest BCUT2D eigenvalue weighted by atomic mass is 10.1. The summed E-state index contributed by atoms with van der Waals surface area (Å²) in [5.41, 5.74) is 1.64. The molecular formula is C14H15FN2. The number of nitrogens with zero attached hydrogens (tertiary/aromatic N) is 2. The highest BCUT2D eigenvalue weighted by molar-refractivity contribution is 5.79. The predicted molar refractivity (Wildman–Crippen MR) is 66.2 cm³/mol. The van der Waals surface area contributed by atoms with Gasteiger partial charge in [0, 0.05) is 18.1 Å². The lowest BCUT2D eigenvalue weighted by Crippen LogP contribution is -2.18. The fourth-order valence-electron chi connectivity index (χ4n) is 2.45. The molecule has 0 radical (unpaired) electrons. The first kappa shape index (κ1) is 10.7. The number of benzene rings is 1. The first-order valence-electron chi connectivity index (χ1n) is 6.08. The van der Waals surface area contributed by atoms with Crippen molar-refractivity contribution in [3.05, 3.63) is 41.8 Å². The molecule has 2 nitrogen and oxygen atoms in total. The Labute approximate surface area is 100 Å². The number of likely N-dealkylation sites (tertiary alicyclic amines) is 1. The Morgan fingerprint density at radius 2 is 2.06 bits per heavy atom. The molecule has 17 heavy (non-hydrogen) atoms. The summed E-state index contributed by atoms with van der Waals surface area (Å²) in [6, 6.07) is 7.15. The Balaban J connectivity index is 1.90. The zero-order chi connectivity index (χ0) is 11.7. The van der Waals surface area contributed by atoms with Gasteiger partial charge in [0.15, 0.2) is 0 Å². The van der Waals surface area contributed by atoms with E-state index in [1.54, 1.807) is 12.3 Å². The second kappa shape index (κ2) is 4.41. The molecule has 2 aromatic rings. The van der Waals surface area contributed by atoms with E-state index in [0.717, 1.165) is 11.9 Å². The summed E-state index contributed by atoms with van der Waals surface area (Å²) in [7, 11) is 0. The summed E-state index contributed by atoms with van der Waals surface area (Å²) >= 11 is 0. The van der Waals surface area contributed by atoms with Crippen molar-refractivity contribution in [3.8, 4) is 0 Å². The zero-order valence-corrected chi connectivity index (χ0v) is 9.69. The van der Waals surface area contributed by atoms with Gasteiger partial charge in [0.2, 0.25) is 0 Å². The third-order valence-corrected chi connectivity index (χ3v) is 3.32. The van der Waals surface area contributed by atoms with E-state index in [4.69, 9.17) is 0 Å². The molecule has 3 heteroatoms. The van der Waals surface area contributed by atoms with E-state index in [9.17, 15) is 4.39 Å². The summed E-state index contributed by atoms with van der Waals surface area (Å²) < 4.78 is 13.4. The van der Waals surface area contributed by atoms with Crippen molar-refractivity contribution in [3.63, 3.8) is 0 Å². The van der Waals surface area contributed by atoms with Crippen LogP contribution >= 0.6 is 0 Å². The van der Waals surface area contributed by atoms with Gasteiger partial charge in [-0.15, -0.1) is 0 Å². The molecule has 88 valence electrons. The van der Waals surface area contributed by atoms with Crippen molar-refractivity contribution in [2.45, 2.75) is 19.4 Å². The Morgan fingerprint density at radius 1 is 1.24 bits per heavy atom. The van der Waals surface area contributed by atoms with Crippen LogP contribution in [0, 0.1) is 5.82 Å². The molecule has 1 aromatic heterocycles. The van der Waals surface area contributed by atoms with Crippen LogP contribution in [0.25, 0.3) is 10.9 Å². The van der Waals surface area contributed by atoms with Gasteiger partial charge in [-0.25, -0.2) is 4.39 Å². The minimum absolute atomic E-state index is 0.241. The van der Waals surface area contributed by atoms with Crippen molar-refractivity contribution >= 4 is 10.9 Å². The fourth-order valence-corrected chi connectivity index (χ4v) is 2.45. The monoisotopic (exact) mass is 230 g/mol. The van der Waals surface area contributed by atoms with Gasteiger partial charge in [-0.2, -0.15) is 0 Å². The number of aromatic nitrogens is 1. The van der Waals surface area contributed by atoms with Crippen LogP contribution in [0.2, 0.25) is 0 Å². The number of halogens is 1. The molecule has 3 rings (SSSR count). The van der Waals surface area contributed by atoms with Crippen LogP contribution in [0.5, 0.6) is 0 Å². The first-order chi connectivity index (χ1) is 8.33. The Morgan fingerprint density at radius 3 is 2.88 bits per heavy atom. The minimum atomic E-state index is -0.241. The van der Waals surface area contributed by atoms with E-state index in [-0.39, 0.29) is 5.82 Å². The lowest BCUT2D eigenvalue weighted by Gasteiger charge is -2.14. The van der Waals surface area contributed by atoms with E-state index in [1.165, 1.54) is 37.6 Å². The third-order valence-electron chi connectivity index (χ3n) is 3.32. The number of fused-ring (bicyclic) bond motifs is 1. The van der Waals surface area contributed by atoms with Gasteiger partial charge in [-0.05, 0) is 43.6 Å². The average Bonchev–Trinajstić information content (AvgIpc) is 2.82. The first-order valence-corrected chi connectivity index (χ1v) is 6.08. The van der Waals surface area contributed by atoms with E-state index in [0.29, 0.717) is 5.52 Å². The molecule has 0 bridgehead atoms. The molecule has 0 spiro atoms. The molecule has 1 aromatic carbocycles. The van der Waals surface area contributed by atoms with Crippen molar-refractivity contribution in [2.24, 2.45) is 0 Å². The number of para-hydroxylation sites is 1. The standard InChI is InChI=1S/C14H15FN2/c15-13-5-3-4-12-8-11(9-16-14(12)13)10-17-6-1-2-7-17/h3-5,8-9H,1-2,6-7,10H2. The lowest BCUT2D eigenvalue weighted by molar-refractivity contribution is 0.331. The van der Waals surface area contributed by atoms with Crippen LogP contribution in [-0.4, -0.2) is 23.0 Å². The van der Waals surface area contributed by atoms with Gasteiger partial charge < -0.3 is 0 Å². The van der Waals surface area contributed by atoms with Crippen molar-refractivity contribution in [2.75, 3.05) is 13.1 Å². The van der Waals surface area contributed by atoms with Crippen LogP contribution in [-0.2, 0) is 6.54 Å². The van der Waals surface area contributed by atoms with E-state index in [1.807, 2.05) is 12.1 Å². The molecule has 1 fully saturated rings. The highest BCUT2D eigenvalue weighted by Gasteiger charge is 2.12. The Bertz CT molecular complexity index is 533. The van der Waals surface area contributed by atoms with Crippen LogP contribution in [0.1, 0.15) is 18.4 Å². The van der Waals surface area contributed by atoms with E-state index in [2.05, 4.69) is 9.88 Å². The van der Waals surface area contributed by atoms with Crippen molar-refractivity contribution < 1.29 is 4.39 Å². The van der Waals surface area contributed by atoms with Gasteiger partial charge in [0.25, 0.3) is 0 Å². The van der Waals surface area contributed by atoms with E-state index >= 15 is 0 Å². The van der Waals surface area contributed by atoms with Crippen LogP contribution < -0.4 is 0 Å². The van der Waals surface area contributed by atoms with Gasteiger partial charge in [0.05, 0.1) is 0 Å². The summed E-state index contributed by atoms with van der Waals surface area (Å²) in [6.45, 7) is 3.27. The second-order valence-corrected chi connectivity index (χ2v) is 4.64. The molecule has 1 saturated heterocycles. The van der Waals surface area contributed by atoms with Crippen molar-refractivity contribution in [1.29, 1.82) is 0 Å². The molecule has 2 heterocycles. The van der Waals surface area contributed by atoms with Gasteiger partial charge in [-0.1, -0.05) is 12.1 Å². The molecule has 0 N–H and O–H groups in total. The highest BCUT2D eigenvalue weighted by atomic mass is 19.1. The Kier molecular flexibility index (Phi) is 2.77.